The van der Waals surface area contributed by atoms with E-state index in [1.807, 2.05) is 12.4 Å². The molecule has 1 aromatic rings. The zero-order valence-corrected chi connectivity index (χ0v) is 12.0. The number of aromatic nitrogens is 1. The average molecular weight is 248 g/mol. The highest BCUT2D eigenvalue weighted by Crippen LogP contribution is 2.21. The molecule has 1 aromatic heterocycles. The molecule has 0 aliphatic heterocycles. The maximum absolute atomic E-state index is 6.28. The summed E-state index contributed by atoms with van der Waals surface area (Å²) >= 11 is 0. The summed E-state index contributed by atoms with van der Waals surface area (Å²) in [5, 5.41) is 0. The molecular formula is C16H28N2. The maximum Gasteiger partial charge on any atom is 0.0303 e. The molecule has 0 saturated carbocycles. The zero-order chi connectivity index (χ0) is 13.2. The van der Waals surface area contributed by atoms with Gasteiger partial charge in [-0.25, -0.2) is 0 Å². The molecule has 0 amide bonds. The monoisotopic (exact) mass is 248 g/mol. The summed E-state index contributed by atoms with van der Waals surface area (Å²) < 4.78 is 0. The Hall–Kier alpha value is -0.890. The van der Waals surface area contributed by atoms with E-state index in [1.165, 1.54) is 49.7 Å². The van der Waals surface area contributed by atoms with Gasteiger partial charge in [0.15, 0.2) is 0 Å². The van der Waals surface area contributed by atoms with Crippen LogP contribution in [-0.4, -0.2) is 4.98 Å². The molecule has 2 N–H and O–H groups in total. The number of hydrogen-bond donors (Lipinski definition) is 1. The Morgan fingerprint density at radius 1 is 1.11 bits per heavy atom. The van der Waals surface area contributed by atoms with Gasteiger partial charge in [-0.05, 0) is 30.0 Å². The smallest absolute Gasteiger partial charge is 0.0303 e. The van der Waals surface area contributed by atoms with Crippen LogP contribution in [0.25, 0.3) is 0 Å². The lowest BCUT2D eigenvalue weighted by Gasteiger charge is -2.15. The van der Waals surface area contributed by atoms with Crippen LogP contribution in [0.1, 0.15) is 76.0 Å². The molecule has 18 heavy (non-hydrogen) atoms. The third kappa shape index (κ3) is 5.18. The van der Waals surface area contributed by atoms with E-state index in [0.29, 0.717) is 0 Å². The number of unbranched alkanes of at least 4 members (excludes halogenated alkanes) is 5. The molecule has 1 rings (SSSR count). The zero-order valence-electron chi connectivity index (χ0n) is 12.0. The van der Waals surface area contributed by atoms with Crippen molar-refractivity contribution in [3.8, 4) is 0 Å². The molecule has 1 atom stereocenters. The van der Waals surface area contributed by atoms with Crippen molar-refractivity contribution in [3.63, 3.8) is 0 Å². The van der Waals surface area contributed by atoms with Gasteiger partial charge in [0.05, 0.1) is 0 Å². The number of hydrogen-bond acceptors (Lipinski definition) is 2. The molecule has 0 aliphatic rings. The first-order valence-corrected chi connectivity index (χ1v) is 7.48. The van der Waals surface area contributed by atoms with Gasteiger partial charge in [-0.1, -0.05) is 52.4 Å². The Kier molecular flexibility index (Phi) is 7.66. The van der Waals surface area contributed by atoms with Crippen LogP contribution < -0.4 is 5.73 Å². The second-order valence-corrected chi connectivity index (χ2v) is 5.09. The van der Waals surface area contributed by atoms with E-state index < -0.39 is 0 Å². The molecule has 2 heteroatoms. The van der Waals surface area contributed by atoms with Gasteiger partial charge >= 0.3 is 0 Å². The van der Waals surface area contributed by atoms with Gasteiger partial charge in [-0.3, -0.25) is 4.98 Å². The van der Waals surface area contributed by atoms with Crippen molar-refractivity contribution in [2.24, 2.45) is 5.73 Å². The van der Waals surface area contributed by atoms with Crippen molar-refractivity contribution >= 4 is 0 Å². The number of rotatable bonds is 9. The number of pyridine rings is 1. The average Bonchev–Trinajstić information content (AvgIpc) is 2.42. The minimum atomic E-state index is 0.189. The van der Waals surface area contributed by atoms with Gasteiger partial charge in [0.2, 0.25) is 0 Å². The van der Waals surface area contributed by atoms with Gasteiger partial charge in [0, 0.05) is 18.4 Å². The largest absolute Gasteiger partial charge is 0.324 e. The van der Waals surface area contributed by atoms with Crippen molar-refractivity contribution in [2.45, 2.75) is 71.3 Å². The molecule has 2 nitrogen and oxygen atoms in total. The van der Waals surface area contributed by atoms with Gasteiger partial charge in [0.25, 0.3) is 0 Å². The molecule has 0 aromatic carbocycles. The SMILES string of the molecule is CCCCCCCCC(N)c1ccncc1CC. The lowest BCUT2D eigenvalue weighted by atomic mass is 9.96. The van der Waals surface area contributed by atoms with E-state index in [9.17, 15) is 0 Å². The molecule has 0 fully saturated rings. The van der Waals surface area contributed by atoms with Gasteiger partial charge in [-0.2, -0.15) is 0 Å². The van der Waals surface area contributed by atoms with E-state index in [4.69, 9.17) is 5.73 Å². The Bertz CT molecular complexity index is 323. The van der Waals surface area contributed by atoms with Crippen LogP contribution in [0.5, 0.6) is 0 Å². The summed E-state index contributed by atoms with van der Waals surface area (Å²) in [6, 6.07) is 2.27. The van der Waals surface area contributed by atoms with Gasteiger partial charge < -0.3 is 5.73 Å². The summed E-state index contributed by atoms with van der Waals surface area (Å²) in [7, 11) is 0. The van der Waals surface area contributed by atoms with Crippen LogP contribution in [0.4, 0.5) is 0 Å². The van der Waals surface area contributed by atoms with E-state index in [-0.39, 0.29) is 6.04 Å². The first-order valence-electron chi connectivity index (χ1n) is 7.48. The number of aryl methyl sites for hydroxylation is 1. The molecule has 102 valence electrons. The van der Waals surface area contributed by atoms with Gasteiger partial charge in [0.1, 0.15) is 0 Å². The van der Waals surface area contributed by atoms with E-state index in [0.717, 1.165) is 12.8 Å². The Morgan fingerprint density at radius 2 is 1.83 bits per heavy atom. The number of nitrogens with two attached hydrogens (primary N) is 1. The third-order valence-electron chi connectivity index (χ3n) is 3.59. The predicted molar refractivity (Wildman–Crippen MR) is 78.5 cm³/mol. The highest BCUT2D eigenvalue weighted by atomic mass is 14.7. The van der Waals surface area contributed by atoms with Gasteiger partial charge in [-0.15, -0.1) is 0 Å². The first-order chi connectivity index (χ1) is 8.79. The highest BCUT2D eigenvalue weighted by Gasteiger charge is 2.09. The minimum absolute atomic E-state index is 0.189. The van der Waals surface area contributed by atoms with Crippen molar-refractivity contribution in [1.82, 2.24) is 4.98 Å². The Morgan fingerprint density at radius 3 is 2.56 bits per heavy atom. The minimum Gasteiger partial charge on any atom is -0.324 e. The molecule has 0 spiro atoms. The molecule has 0 radical (unpaired) electrons. The summed E-state index contributed by atoms with van der Waals surface area (Å²) in [6.45, 7) is 4.42. The first kappa shape index (κ1) is 15.2. The van der Waals surface area contributed by atoms with E-state index in [2.05, 4.69) is 24.9 Å². The van der Waals surface area contributed by atoms with Crippen LogP contribution in [0.2, 0.25) is 0 Å². The number of nitrogens with zero attached hydrogens (tertiary/aromatic N) is 1. The van der Waals surface area contributed by atoms with Crippen molar-refractivity contribution in [2.75, 3.05) is 0 Å². The Balaban J connectivity index is 2.29. The predicted octanol–water partition coefficient (Wildman–Crippen LogP) is 4.39. The van der Waals surface area contributed by atoms with Crippen LogP contribution >= 0.6 is 0 Å². The third-order valence-corrected chi connectivity index (χ3v) is 3.59. The van der Waals surface area contributed by atoms with Crippen LogP contribution in [0.15, 0.2) is 18.5 Å². The van der Waals surface area contributed by atoms with Crippen LogP contribution in [-0.2, 0) is 6.42 Å². The molecule has 0 aliphatic carbocycles. The van der Waals surface area contributed by atoms with Crippen molar-refractivity contribution in [1.29, 1.82) is 0 Å². The lowest BCUT2D eigenvalue weighted by Crippen LogP contribution is -2.12. The fourth-order valence-corrected chi connectivity index (χ4v) is 2.40. The van der Waals surface area contributed by atoms with E-state index in [1.54, 1.807) is 0 Å². The topological polar surface area (TPSA) is 38.9 Å². The quantitative estimate of drug-likeness (QED) is 0.658. The normalized spacial score (nSPS) is 12.6. The fourth-order valence-electron chi connectivity index (χ4n) is 2.40. The summed E-state index contributed by atoms with van der Waals surface area (Å²) in [5.41, 5.74) is 8.88. The molecule has 1 heterocycles. The molecule has 0 saturated heterocycles. The van der Waals surface area contributed by atoms with Crippen molar-refractivity contribution in [3.05, 3.63) is 29.6 Å². The summed E-state index contributed by atoms with van der Waals surface area (Å²) in [5.74, 6) is 0. The summed E-state index contributed by atoms with van der Waals surface area (Å²) in [6.07, 6.45) is 13.9. The van der Waals surface area contributed by atoms with E-state index >= 15 is 0 Å². The van der Waals surface area contributed by atoms with Crippen LogP contribution in [0.3, 0.4) is 0 Å². The molecule has 1 unspecified atom stereocenters. The fraction of sp³-hybridized carbons (Fsp3) is 0.688. The Labute approximate surface area is 112 Å². The molecule has 0 bridgehead atoms. The second kappa shape index (κ2) is 9.09. The molecular weight excluding hydrogens is 220 g/mol. The standard InChI is InChI=1S/C16H28N2/c1-3-5-6-7-8-9-10-16(17)15-11-12-18-13-14(15)4-2/h11-13,16H,3-10,17H2,1-2H3. The summed E-state index contributed by atoms with van der Waals surface area (Å²) in [4.78, 5) is 4.17. The van der Waals surface area contributed by atoms with Crippen molar-refractivity contribution < 1.29 is 0 Å². The maximum atomic E-state index is 6.28. The lowest BCUT2D eigenvalue weighted by molar-refractivity contribution is 0.545. The highest BCUT2D eigenvalue weighted by molar-refractivity contribution is 5.26. The second-order valence-electron chi connectivity index (χ2n) is 5.09. The van der Waals surface area contributed by atoms with Crippen LogP contribution in [0, 0.1) is 0 Å².